The summed E-state index contributed by atoms with van der Waals surface area (Å²) in [6.45, 7) is 0.322. The van der Waals surface area contributed by atoms with Gasteiger partial charge in [0.2, 0.25) is 5.91 Å². The van der Waals surface area contributed by atoms with Crippen molar-refractivity contribution in [3.63, 3.8) is 0 Å². The fourth-order valence-electron chi connectivity index (χ4n) is 3.28. The second-order valence-corrected chi connectivity index (χ2v) is 9.48. The maximum atomic E-state index is 12.7. The number of thioether (sulfide) groups is 1. The topological polar surface area (TPSA) is 65.2 Å². The van der Waals surface area contributed by atoms with Crippen LogP contribution >= 0.6 is 47.2 Å². The van der Waals surface area contributed by atoms with Crippen molar-refractivity contribution in [3.05, 3.63) is 74.7 Å². The van der Waals surface area contributed by atoms with Crippen LogP contribution in [0.15, 0.2) is 53.6 Å². The highest BCUT2D eigenvalue weighted by Gasteiger charge is 2.33. The second kappa shape index (κ2) is 9.44. The highest BCUT2D eigenvalue weighted by atomic mass is 35.5. The number of benzene rings is 2. The molecular weight excluding hydrogens is 473 g/mol. The van der Waals surface area contributed by atoms with Crippen LogP contribution in [0.2, 0.25) is 10.0 Å². The van der Waals surface area contributed by atoms with Crippen LogP contribution in [0.1, 0.15) is 11.1 Å². The van der Waals surface area contributed by atoms with Gasteiger partial charge in [-0.1, -0.05) is 59.3 Å². The Morgan fingerprint density at radius 2 is 2.00 bits per heavy atom. The lowest BCUT2D eigenvalue weighted by Gasteiger charge is -2.14. The first-order valence-electron chi connectivity index (χ1n) is 9.44. The number of hydrogen-bond donors (Lipinski definition) is 2. The van der Waals surface area contributed by atoms with E-state index in [0.29, 0.717) is 32.2 Å². The number of rotatable bonds is 6. The average Bonchev–Trinajstić information content (AvgIpc) is 3.24. The molecule has 158 valence electrons. The largest absolute Gasteiger partial charge is 0.361 e. The first kappa shape index (κ1) is 21.9. The van der Waals surface area contributed by atoms with Crippen LogP contribution in [0, 0.1) is 0 Å². The van der Waals surface area contributed by atoms with Gasteiger partial charge in [0.05, 0.1) is 4.91 Å². The fourth-order valence-corrected chi connectivity index (χ4v) is 4.90. The molecule has 1 aromatic heterocycles. The van der Waals surface area contributed by atoms with Crippen molar-refractivity contribution in [3.8, 4) is 0 Å². The summed E-state index contributed by atoms with van der Waals surface area (Å²) in [6.07, 6.45) is 4.28. The standard InChI is InChI=1S/C22H17Cl2N3O2S2/c23-15-3-1-2-13(8-15)9-19-21(29)27(22(30)31-19)12-20(28)25-7-6-14-11-26-18-5-4-16(24)10-17(14)18/h1-5,8-11,26H,6-7,12H2,(H,25,28)/b19-9-. The first-order chi connectivity index (χ1) is 14.9. The quantitative estimate of drug-likeness (QED) is 0.376. The number of nitrogens with zero attached hydrogens (tertiary/aromatic N) is 1. The van der Waals surface area contributed by atoms with E-state index < -0.39 is 0 Å². The van der Waals surface area contributed by atoms with Gasteiger partial charge in [0.1, 0.15) is 10.9 Å². The lowest BCUT2D eigenvalue weighted by atomic mass is 10.1. The summed E-state index contributed by atoms with van der Waals surface area (Å²) < 4.78 is 0.361. The number of aromatic amines is 1. The van der Waals surface area contributed by atoms with E-state index in [9.17, 15) is 9.59 Å². The third-order valence-corrected chi connectivity index (χ3v) is 6.62. The van der Waals surface area contributed by atoms with E-state index >= 15 is 0 Å². The number of carbonyl (C=O) groups is 2. The molecule has 0 aliphatic carbocycles. The summed E-state index contributed by atoms with van der Waals surface area (Å²) >= 11 is 18.6. The molecule has 2 aromatic carbocycles. The Morgan fingerprint density at radius 3 is 2.81 bits per heavy atom. The molecule has 5 nitrogen and oxygen atoms in total. The minimum Gasteiger partial charge on any atom is -0.361 e. The molecule has 0 unspecified atom stereocenters. The third kappa shape index (κ3) is 5.13. The van der Waals surface area contributed by atoms with E-state index in [0.717, 1.165) is 22.0 Å². The lowest BCUT2D eigenvalue weighted by molar-refractivity contribution is -0.128. The summed E-state index contributed by atoms with van der Waals surface area (Å²) in [7, 11) is 0. The van der Waals surface area contributed by atoms with Crippen LogP contribution in [0.25, 0.3) is 17.0 Å². The van der Waals surface area contributed by atoms with E-state index in [2.05, 4.69) is 10.3 Å². The Hall–Kier alpha value is -2.32. The molecule has 0 spiro atoms. The molecule has 0 atom stereocenters. The summed E-state index contributed by atoms with van der Waals surface area (Å²) in [5, 5.41) is 5.14. The van der Waals surface area contributed by atoms with Crippen molar-refractivity contribution < 1.29 is 9.59 Å². The molecule has 1 aliphatic heterocycles. The molecule has 0 radical (unpaired) electrons. The Morgan fingerprint density at radius 1 is 1.19 bits per heavy atom. The lowest BCUT2D eigenvalue weighted by Crippen LogP contribution is -2.40. The Balaban J connectivity index is 1.34. The predicted octanol–water partition coefficient (Wildman–Crippen LogP) is 5.03. The van der Waals surface area contributed by atoms with Gasteiger partial charge in [-0.25, -0.2) is 0 Å². The normalized spacial score (nSPS) is 15.3. The van der Waals surface area contributed by atoms with Crippen LogP contribution in [0.4, 0.5) is 0 Å². The zero-order valence-corrected chi connectivity index (χ0v) is 19.3. The van der Waals surface area contributed by atoms with Crippen LogP contribution in [-0.4, -0.2) is 39.1 Å². The molecule has 1 aliphatic rings. The number of nitrogens with one attached hydrogen (secondary N) is 2. The van der Waals surface area contributed by atoms with Gasteiger partial charge in [-0.15, -0.1) is 0 Å². The van der Waals surface area contributed by atoms with Crippen molar-refractivity contribution in [1.29, 1.82) is 0 Å². The number of amides is 2. The number of hydrogen-bond acceptors (Lipinski definition) is 4. The Labute approximate surface area is 198 Å². The van der Waals surface area contributed by atoms with E-state index in [1.54, 1.807) is 18.2 Å². The van der Waals surface area contributed by atoms with Crippen molar-refractivity contribution in [2.24, 2.45) is 0 Å². The van der Waals surface area contributed by atoms with Gasteiger partial charge in [0.15, 0.2) is 0 Å². The number of aromatic nitrogens is 1. The molecule has 0 saturated carbocycles. The minimum atomic E-state index is -0.281. The molecule has 9 heteroatoms. The van der Waals surface area contributed by atoms with Gasteiger partial charge < -0.3 is 10.3 Å². The van der Waals surface area contributed by atoms with E-state index in [1.165, 1.54) is 16.7 Å². The Bertz CT molecular complexity index is 1220. The van der Waals surface area contributed by atoms with Gasteiger partial charge >= 0.3 is 0 Å². The summed E-state index contributed by atoms with van der Waals surface area (Å²) in [5.41, 5.74) is 2.86. The van der Waals surface area contributed by atoms with Gasteiger partial charge in [-0.05, 0) is 54.0 Å². The second-order valence-electron chi connectivity index (χ2n) is 6.93. The third-order valence-electron chi connectivity index (χ3n) is 4.77. The van der Waals surface area contributed by atoms with Gasteiger partial charge in [0, 0.05) is 33.7 Å². The van der Waals surface area contributed by atoms with Gasteiger partial charge in [-0.2, -0.15) is 0 Å². The van der Waals surface area contributed by atoms with Gasteiger partial charge in [-0.3, -0.25) is 14.5 Å². The Kier molecular flexibility index (Phi) is 6.67. The van der Waals surface area contributed by atoms with E-state index in [4.69, 9.17) is 35.4 Å². The molecular formula is C22H17Cl2N3O2S2. The molecule has 2 N–H and O–H groups in total. The molecule has 1 fully saturated rings. The maximum Gasteiger partial charge on any atom is 0.266 e. The first-order valence-corrected chi connectivity index (χ1v) is 11.4. The molecule has 31 heavy (non-hydrogen) atoms. The number of thiocarbonyl (C=S) groups is 1. The predicted molar refractivity (Wildman–Crippen MR) is 131 cm³/mol. The molecule has 0 bridgehead atoms. The molecule has 3 aromatic rings. The smallest absolute Gasteiger partial charge is 0.266 e. The number of fused-ring (bicyclic) bond motifs is 1. The van der Waals surface area contributed by atoms with Gasteiger partial charge in [0.25, 0.3) is 5.91 Å². The minimum absolute atomic E-state index is 0.114. The SMILES string of the molecule is O=C(CN1C(=O)/C(=C/c2cccc(Cl)c2)SC1=S)NCCc1c[nH]c2ccc(Cl)cc12. The summed E-state index contributed by atoms with van der Waals surface area (Å²) in [4.78, 5) is 30.1. The van der Waals surface area contributed by atoms with Crippen LogP contribution in [-0.2, 0) is 16.0 Å². The van der Waals surface area contributed by atoms with Crippen LogP contribution in [0.3, 0.4) is 0 Å². The summed E-state index contributed by atoms with van der Waals surface area (Å²) in [5.74, 6) is -0.547. The monoisotopic (exact) mass is 489 g/mol. The molecule has 2 heterocycles. The van der Waals surface area contributed by atoms with Crippen molar-refractivity contribution in [2.75, 3.05) is 13.1 Å². The zero-order chi connectivity index (χ0) is 22.0. The van der Waals surface area contributed by atoms with Crippen molar-refractivity contribution in [1.82, 2.24) is 15.2 Å². The number of H-pyrrole nitrogens is 1. The average molecular weight is 490 g/mol. The van der Waals surface area contributed by atoms with Crippen molar-refractivity contribution >= 4 is 80.3 Å². The highest BCUT2D eigenvalue weighted by Crippen LogP contribution is 2.32. The highest BCUT2D eigenvalue weighted by molar-refractivity contribution is 8.26. The maximum absolute atomic E-state index is 12.7. The number of carbonyl (C=O) groups excluding carboxylic acids is 2. The molecule has 2 amide bonds. The zero-order valence-electron chi connectivity index (χ0n) is 16.2. The molecule has 4 rings (SSSR count). The van der Waals surface area contributed by atoms with Crippen LogP contribution < -0.4 is 5.32 Å². The van der Waals surface area contributed by atoms with E-state index in [1.807, 2.05) is 36.5 Å². The number of halogens is 2. The molecule has 1 saturated heterocycles. The van der Waals surface area contributed by atoms with E-state index in [-0.39, 0.29) is 18.4 Å². The van der Waals surface area contributed by atoms with Crippen molar-refractivity contribution in [2.45, 2.75) is 6.42 Å². The van der Waals surface area contributed by atoms with Crippen LogP contribution in [0.5, 0.6) is 0 Å². The fraction of sp³-hybridized carbons (Fsp3) is 0.136. The summed E-state index contributed by atoms with van der Waals surface area (Å²) in [6, 6.07) is 12.8.